The van der Waals surface area contributed by atoms with Crippen molar-refractivity contribution in [1.29, 1.82) is 0 Å². The summed E-state index contributed by atoms with van der Waals surface area (Å²) in [5, 5.41) is 1.29. The number of anilines is 2. The van der Waals surface area contributed by atoms with Crippen molar-refractivity contribution >= 4 is 28.3 Å². The first-order valence-electron chi connectivity index (χ1n) is 13.8. The largest absolute Gasteiger partial charge is 0.368 e. The molecule has 3 aromatic rings. The molecule has 36 heavy (non-hydrogen) atoms. The lowest BCUT2D eigenvalue weighted by Gasteiger charge is -2.41. The highest BCUT2D eigenvalue weighted by molar-refractivity contribution is 5.93. The second-order valence-electron chi connectivity index (χ2n) is 11.5. The Hall–Kier alpha value is -2.86. The molecule has 1 amide bonds. The van der Waals surface area contributed by atoms with Crippen LogP contribution in [0, 0.1) is 17.3 Å². The van der Waals surface area contributed by atoms with E-state index in [1.165, 1.54) is 42.3 Å². The van der Waals surface area contributed by atoms with E-state index in [-0.39, 0.29) is 17.4 Å². The predicted molar refractivity (Wildman–Crippen MR) is 146 cm³/mol. The van der Waals surface area contributed by atoms with E-state index >= 15 is 0 Å². The summed E-state index contributed by atoms with van der Waals surface area (Å²) in [4.78, 5) is 28.8. The molecule has 3 fully saturated rings. The molecule has 1 aliphatic heterocycles. The normalized spacial score (nSPS) is 27.0. The van der Waals surface area contributed by atoms with Crippen LogP contribution in [0.5, 0.6) is 0 Å². The summed E-state index contributed by atoms with van der Waals surface area (Å²) in [6.07, 6.45) is 9.68. The van der Waals surface area contributed by atoms with Crippen molar-refractivity contribution in [3.05, 3.63) is 54.9 Å². The van der Waals surface area contributed by atoms with Crippen LogP contribution in [0.1, 0.15) is 46.0 Å². The van der Waals surface area contributed by atoms with Crippen LogP contribution >= 0.6 is 0 Å². The van der Waals surface area contributed by atoms with E-state index in [0.717, 1.165) is 32.0 Å². The molecule has 2 saturated carbocycles. The molecule has 1 saturated heterocycles. The number of pyridine rings is 1. The number of rotatable bonds is 7. The zero-order chi connectivity index (χ0) is 24.7. The fourth-order valence-electron chi connectivity index (χ4n) is 7.42. The maximum Gasteiger partial charge on any atom is 0.228 e. The summed E-state index contributed by atoms with van der Waals surface area (Å²) in [5.74, 6) is 2.47. The number of piperazine rings is 1. The van der Waals surface area contributed by atoms with Gasteiger partial charge in [0.2, 0.25) is 5.91 Å². The number of amides is 1. The van der Waals surface area contributed by atoms with E-state index < -0.39 is 0 Å². The van der Waals surface area contributed by atoms with Gasteiger partial charge in [0.15, 0.2) is 0 Å². The van der Waals surface area contributed by atoms with Gasteiger partial charge in [-0.2, -0.15) is 0 Å². The molecule has 2 aliphatic carbocycles. The van der Waals surface area contributed by atoms with Crippen molar-refractivity contribution in [2.45, 2.75) is 52.0 Å². The van der Waals surface area contributed by atoms with Crippen molar-refractivity contribution in [2.24, 2.45) is 17.3 Å². The first kappa shape index (κ1) is 23.5. The van der Waals surface area contributed by atoms with E-state index in [1.54, 1.807) is 0 Å². The van der Waals surface area contributed by atoms with Crippen LogP contribution in [-0.4, -0.2) is 59.5 Å². The third-order valence-electron chi connectivity index (χ3n) is 9.65. The molecular weight excluding hydrogens is 446 g/mol. The first-order valence-corrected chi connectivity index (χ1v) is 13.8. The van der Waals surface area contributed by atoms with Gasteiger partial charge in [0.1, 0.15) is 5.82 Å². The lowest BCUT2D eigenvalue weighted by molar-refractivity contribution is -0.121. The zero-order valence-electron chi connectivity index (χ0n) is 21.7. The van der Waals surface area contributed by atoms with Crippen molar-refractivity contribution in [3.8, 4) is 0 Å². The van der Waals surface area contributed by atoms with E-state index in [2.05, 4.69) is 57.9 Å². The maximum absolute atomic E-state index is 13.8. The summed E-state index contributed by atoms with van der Waals surface area (Å²) in [7, 11) is 0. The molecule has 0 unspecified atom stereocenters. The van der Waals surface area contributed by atoms with Gasteiger partial charge in [0.05, 0.1) is 0 Å². The van der Waals surface area contributed by atoms with Crippen molar-refractivity contribution in [1.82, 2.24) is 14.9 Å². The molecule has 2 aromatic heterocycles. The molecule has 190 valence electrons. The van der Waals surface area contributed by atoms with Gasteiger partial charge in [-0.25, -0.2) is 4.98 Å². The maximum atomic E-state index is 13.8. The topological polar surface area (TPSA) is 55.5 Å². The van der Waals surface area contributed by atoms with Gasteiger partial charge in [-0.3, -0.25) is 14.6 Å². The highest BCUT2D eigenvalue weighted by Crippen LogP contribution is 2.59. The number of fused-ring (bicyclic) bond motifs is 3. The molecule has 0 spiro atoms. The SMILES string of the molecule is C[C@H](CN(C(=O)CC1(C)C2CCC1CC2)c1ccccn1)N1CCN(c2cccc3[nH]ccc23)CC1. The molecule has 0 radical (unpaired) electrons. The van der Waals surface area contributed by atoms with Crippen LogP contribution in [0.15, 0.2) is 54.9 Å². The fourth-order valence-corrected chi connectivity index (χ4v) is 7.42. The molecule has 6 rings (SSSR count). The number of hydrogen-bond acceptors (Lipinski definition) is 4. The third-order valence-corrected chi connectivity index (χ3v) is 9.65. The third kappa shape index (κ3) is 4.19. The van der Waals surface area contributed by atoms with Gasteiger partial charge < -0.3 is 9.88 Å². The quantitative estimate of drug-likeness (QED) is 0.492. The van der Waals surface area contributed by atoms with E-state index in [1.807, 2.05) is 35.5 Å². The average molecular weight is 486 g/mol. The van der Waals surface area contributed by atoms with Crippen LogP contribution < -0.4 is 9.80 Å². The molecule has 1 aromatic carbocycles. The van der Waals surface area contributed by atoms with Crippen LogP contribution in [0.4, 0.5) is 11.5 Å². The highest BCUT2D eigenvalue weighted by Gasteiger charge is 2.52. The smallest absolute Gasteiger partial charge is 0.228 e. The van der Waals surface area contributed by atoms with E-state index in [0.29, 0.717) is 24.8 Å². The number of carbonyl (C=O) groups is 1. The van der Waals surface area contributed by atoms with Gasteiger partial charge >= 0.3 is 0 Å². The lowest BCUT2D eigenvalue weighted by Crippen LogP contribution is -2.53. The minimum absolute atomic E-state index is 0.165. The number of nitrogens with one attached hydrogen (secondary N) is 1. The van der Waals surface area contributed by atoms with E-state index in [4.69, 9.17) is 0 Å². The number of aromatic amines is 1. The predicted octanol–water partition coefficient (Wildman–Crippen LogP) is 5.32. The van der Waals surface area contributed by atoms with Gasteiger partial charge in [0, 0.05) is 74.2 Å². The standard InChI is InChI=1S/C30H39N5O/c1-22(33-16-18-34(19-17-33)27-7-5-6-26-25(27)13-15-31-26)21-35(28-8-3-4-14-32-28)29(36)20-30(2)23-9-10-24(30)12-11-23/h3-8,13-15,22-24,31H,9-12,16-21H2,1-2H3/t22-,23?,24?,30?/m1/s1. The lowest BCUT2D eigenvalue weighted by atomic mass is 9.76. The molecular formula is C30H39N5O. The monoisotopic (exact) mass is 485 g/mol. The summed E-state index contributed by atoms with van der Waals surface area (Å²) >= 11 is 0. The Bertz CT molecular complexity index is 1180. The molecule has 3 heterocycles. The minimum atomic E-state index is 0.165. The fraction of sp³-hybridized carbons (Fsp3) is 0.533. The molecule has 6 heteroatoms. The molecule has 1 atom stereocenters. The van der Waals surface area contributed by atoms with E-state index in [9.17, 15) is 4.79 Å². The molecule has 3 aliphatic rings. The van der Waals surface area contributed by atoms with Crippen LogP contribution in [0.3, 0.4) is 0 Å². The summed E-state index contributed by atoms with van der Waals surface area (Å²) in [6, 6.07) is 14.9. The Kier molecular flexibility index (Phi) is 6.24. The van der Waals surface area contributed by atoms with Gasteiger partial charge in [-0.1, -0.05) is 19.1 Å². The zero-order valence-corrected chi connectivity index (χ0v) is 21.7. The van der Waals surface area contributed by atoms with Crippen molar-refractivity contribution in [2.75, 3.05) is 42.5 Å². The Morgan fingerprint density at radius 3 is 2.50 bits per heavy atom. The summed E-state index contributed by atoms with van der Waals surface area (Å²) < 4.78 is 0. The van der Waals surface area contributed by atoms with Crippen molar-refractivity contribution < 1.29 is 4.79 Å². The second kappa shape index (κ2) is 9.55. The van der Waals surface area contributed by atoms with Crippen LogP contribution in [-0.2, 0) is 4.79 Å². The van der Waals surface area contributed by atoms with Crippen LogP contribution in [0.2, 0.25) is 0 Å². The molecule has 6 nitrogen and oxygen atoms in total. The minimum Gasteiger partial charge on any atom is -0.368 e. The number of nitrogens with zero attached hydrogens (tertiary/aromatic N) is 4. The number of aromatic nitrogens is 2. The van der Waals surface area contributed by atoms with Gasteiger partial charge in [0.25, 0.3) is 0 Å². The number of benzene rings is 1. The molecule has 2 bridgehead atoms. The average Bonchev–Trinajstić information content (AvgIpc) is 3.60. The molecule has 1 N–H and O–H groups in total. The number of H-pyrrole nitrogens is 1. The Labute approximate surface area is 214 Å². The highest BCUT2D eigenvalue weighted by atomic mass is 16.2. The summed E-state index contributed by atoms with van der Waals surface area (Å²) in [5.41, 5.74) is 2.67. The Morgan fingerprint density at radius 2 is 1.81 bits per heavy atom. The van der Waals surface area contributed by atoms with Gasteiger partial charge in [-0.15, -0.1) is 0 Å². The Morgan fingerprint density at radius 1 is 1.06 bits per heavy atom. The first-order chi connectivity index (χ1) is 17.5. The number of hydrogen-bond donors (Lipinski definition) is 1. The van der Waals surface area contributed by atoms with Crippen molar-refractivity contribution in [3.63, 3.8) is 0 Å². The second-order valence-corrected chi connectivity index (χ2v) is 11.5. The number of carbonyl (C=O) groups excluding carboxylic acids is 1. The summed E-state index contributed by atoms with van der Waals surface area (Å²) in [6.45, 7) is 9.31. The van der Waals surface area contributed by atoms with Crippen LogP contribution in [0.25, 0.3) is 10.9 Å². The van der Waals surface area contributed by atoms with Gasteiger partial charge in [-0.05, 0) is 80.2 Å². The Balaban J connectivity index is 1.14.